The molecule has 6 heteroatoms. The van der Waals surface area contributed by atoms with Gasteiger partial charge < -0.3 is 19.9 Å². The minimum Gasteiger partial charge on any atom is -0.490 e. The molecule has 1 aromatic rings. The van der Waals surface area contributed by atoms with Gasteiger partial charge in [-0.05, 0) is 43.5 Å². The maximum atomic E-state index is 11.3. The van der Waals surface area contributed by atoms with Crippen LogP contribution in [-0.4, -0.2) is 30.8 Å². The fourth-order valence-corrected chi connectivity index (χ4v) is 2.32. The molecule has 0 saturated carbocycles. The van der Waals surface area contributed by atoms with E-state index in [0.29, 0.717) is 31.3 Å². The van der Waals surface area contributed by atoms with Crippen molar-refractivity contribution < 1.29 is 19.4 Å². The van der Waals surface area contributed by atoms with E-state index in [0.717, 1.165) is 17.5 Å². The third-order valence-corrected chi connectivity index (χ3v) is 3.11. The van der Waals surface area contributed by atoms with Gasteiger partial charge in [0.2, 0.25) is 0 Å². The summed E-state index contributed by atoms with van der Waals surface area (Å²) in [4.78, 5) is 11.3. The number of carboxylic acid groups (broad SMARTS) is 1. The first-order valence-electron chi connectivity index (χ1n) is 6.56. The molecule has 1 aliphatic heterocycles. The van der Waals surface area contributed by atoms with Gasteiger partial charge in [0.25, 0.3) is 0 Å². The number of ether oxygens (including phenoxy) is 2. The van der Waals surface area contributed by atoms with Crippen molar-refractivity contribution in [1.82, 2.24) is 5.32 Å². The zero-order chi connectivity index (χ0) is 13.8. The summed E-state index contributed by atoms with van der Waals surface area (Å²) in [5, 5.41) is 12.2. The number of carboxylic acids is 1. The highest BCUT2D eigenvalue weighted by atomic mass is 35.5. The van der Waals surface area contributed by atoms with Crippen LogP contribution in [0.3, 0.4) is 0 Å². The van der Waals surface area contributed by atoms with Gasteiger partial charge in [-0.2, -0.15) is 0 Å². The van der Waals surface area contributed by atoms with Crippen LogP contribution in [0.4, 0.5) is 0 Å². The van der Waals surface area contributed by atoms with Crippen LogP contribution in [0, 0.1) is 0 Å². The molecule has 0 saturated heterocycles. The Morgan fingerprint density at radius 2 is 1.90 bits per heavy atom. The lowest BCUT2D eigenvalue weighted by Gasteiger charge is -2.25. The van der Waals surface area contributed by atoms with E-state index in [1.165, 1.54) is 0 Å². The molecule has 1 unspecified atom stereocenters. The number of rotatable bonds is 5. The van der Waals surface area contributed by atoms with Gasteiger partial charge in [0.05, 0.1) is 13.2 Å². The maximum Gasteiger partial charge on any atom is 0.325 e. The Labute approximate surface area is 124 Å². The van der Waals surface area contributed by atoms with E-state index in [4.69, 9.17) is 9.47 Å². The summed E-state index contributed by atoms with van der Waals surface area (Å²) in [5.41, 5.74) is 1.78. The Bertz CT molecular complexity index is 478. The Kier molecular flexibility index (Phi) is 6.10. The summed E-state index contributed by atoms with van der Waals surface area (Å²) in [6, 6.07) is 3.02. The number of hydrogen-bond acceptors (Lipinski definition) is 4. The highest BCUT2D eigenvalue weighted by molar-refractivity contribution is 5.85. The number of fused-ring (bicyclic) bond motifs is 1. The minimum atomic E-state index is -0.868. The van der Waals surface area contributed by atoms with Crippen molar-refractivity contribution in [2.45, 2.75) is 26.3 Å². The van der Waals surface area contributed by atoms with E-state index in [1.807, 2.05) is 19.9 Å². The molecule has 0 aliphatic carbocycles. The van der Waals surface area contributed by atoms with Gasteiger partial charge in [-0.3, -0.25) is 4.79 Å². The van der Waals surface area contributed by atoms with Crippen LogP contribution >= 0.6 is 12.4 Å². The van der Waals surface area contributed by atoms with E-state index < -0.39 is 12.0 Å². The molecular weight excluding hydrogens is 282 g/mol. The molecule has 0 aromatic heterocycles. The van der Waals surface area contributed by atoms with E-state index in [-0.39, 0.29) is 12.4 Å². The number of nitrogens with one attached hydrogen (secondary N) is 1. The quantitative estimate of drug-likeness (QED) is 0.872. The Balaban J connectivity index is 0.00000200. The van der Waals surface area contributed by atoms with E-state index in [1.54, 1.807) is 6.07 Å². The molecule has 0 spiro atoms. The van der Waals surface area contributed by atoms with Gasteiger partial charge in [-0.15, -0.1) is 12.4 Å². The zero-order valence-corrected chi connectivity index (χ0v) is 12.5. The summed E-state index contributed by atoms with van der Waals surface area (Å²) in [7, 11) is 0. The molecule has 5 nitrogen and oxygen atoms in total. The summed E-state index contributed by atoms with van der Waals surface area (Å²) in [6.45, 7) is 5.53. The first-order chi connectivity index (χ1) is 9.17. The molecule has 2 rings (SSSR count). The van der Waals surface area contributed by atoms with Crippen molar-refractivity contribution >= 4 is 18.4 Å². The van der Waals surface area contributed by atoms with Crippen LogP contribution in [-0.2, 0) is 11.2 Å². The van der Waals surface area contributed by atoms with Crippen molar-refractivity contribution in [3.05, 3.63) is 23.3 Å². The summed E-state index contributed by atoms with van der Waals surface area (Å²) in [5.74, 6) is 0.430. The van der Waals surface area contributed by atoms with Crippen molar-refractivity contribution in [2.24, 2.45) is 0 Å². The molecule has 1 heterocycles. The fraction of sp³-hybridized carbons (Fsp3) is 0.500. The van der Waals surface area contributed by atoms with Crippen molar-refractivity contribution in [1.29, 1.82) is 0 Å². The highest BCUT2D eigenvalue weighted by Crippen LogP contribution is 2.35. The van der Waals surface area contributed by atoms with Crippen molar-refractivity contribution in [2.75, 3.05) is 19.8 Å². The number of hydrogen-bond donors (Lipinski definition) is 2. The van der Waals surface area contributed by atoms with Gasteiger partial charge in [0, 0.05) is 6.54 Å². The standard InChI is InChI=1S/C14H19NO4.ClH/c1-3-18-11-7-9-5-6-15-13(14(16)17)10(9)8-12(11)19-4-2;/h7-8,13,15H,3-6H2,1-2H3,(H,16,17);1H. The minimum absolute atomic E-state index is 0. The molecule has 2 N–H and O–H groups in total. The molecule has 1 aliphatic rings. The second-order valence-corrected chi connectivity index (χ2v) is 4.34. The second-order valence-electron chi connectivity index (χ2n) is 4.34. The van der Waals surface area contributed by atoms with Crippen LogP contribution < -0.4 is 14.8 Å². The summed E-state index contributed by atoms with van der Waals surface area (Å²) >= 11 is 0. The lowest BCUT2D eigenvalue weighted by molar-refractivity contribution is -0.139. The lowest BCUT2D eigenvalue weighted by Crippen LogP contribution is -2.35. The summed E-state index contributed by atoms with van der Waals surface area (Å²) < 4.78 is 11.1. The normalized spacial score (nSPS) is 16.8. The van der Waals surface area contributed by atoms with Crippen LogP contribution in [0.25, 0.3) is 0 Å². The monoisotopic (exact) mass is 301 g/mol. The van der Waals surface area contributed by atoms with Crippen molar-refractivity contribution in [3.63, 3.8) is 0 Å². The smallest absolute Gasteiger partial charge is 0.325 e. The number of benzene rings is 1. The van der Waals surface area contributed by atoms with Crippen LogP contribution in [0.15, 0.2) is 12.1 Å². The number of aliphatic carboxylic acids is 1. The van der Waals surface area contributed by atoms with Gasteiger partial charge in [0.1, 0.15) is 6.04 Å². The predicted octanol–water partition coefficient (Wildman–Crippen LogP) is 2.18. The fourth-order valence-electron chi connectivity index (χ4n) is 2.32. The molecule has 1 atom stereocenters. The number of halogens is 1. The molecule has 20 heavy (non-hydrogen) atoms. The van der Waals surface area contributed by atoms with Crippen LogP contribution in [0.1, 0.15) is 31.0 Å². The lowest BCUT2D eigenvalue weighted by atomic mass is 9.93. The summed E-state index contributed by atoms with van der Waals surface area (Å²) in [6.07, 6.45) is 0.797. The molecule has 0 amide bonds. The molecular formula is C14H20ClNO4. The van der Waals surface area contributed by atoms with E-state index >= 15 is 0 Å². The second kappa shape index (κ2) is 7.36. The van der Waals surface area contributed by atoms with Gasteiger partial charge in [0.15, 0.2) is 11.5 Å². The third kappa shape index (κ3) is 3.35. The first-order valence-corrected chi connectivity index (χ1v) is 6.56. The highest BCUT2D eigenvalue weighted by Gasteiger charge is 2.27. The van der Waals surface area contributed by atoms with Gasteiger partial charge >= 0.3 is 5.97 Å². The molecule has 0 fully saturated rings. The Morgan fingerprint density at radius 1 is 1.30 bits per heavy atom. The predicted molar refractivity (Wildman–Crippen MR) is 78.1 cm³/mol. The molecule has 0 radical (unpaired) electrons. The zero-order valence-electron chi connectivity index (χ0n) is 11.6. The first kappa shape index (κ1) is 16.6. The van der Waals surface area contributed by atoms with E-state index in [9.17, 15) is 9.90 Å². The largest absolute Gasteiger partial charge is 0.490 e. The maximum absolute atomic E-state index is 11.3. The van der Waals surface area contributed by atoms with Gasteiger partial charge in [-0.25, -0.2) is 0 Å². The van der Waals surface area contributed by atoms with Crippen LogP contribution in [0.2, 0.25) is 0 Å². The molecule has 112 valence electrons. The average Bonchev–Trinajstić information content (AvgIpc) is 2.39. The average molecular weight is 302 g/mol. The third-order valence-electron chi connectivity index (χ3n) is 3.11. The Morgan fingerprint density at radius 3 is 2.45 bits per heavy atom. The molecule has 0 bridgehead atoms. The van der Waals surface area contributed by atoms with Crippen LogP contribution in [0.5, 0.6) is 11.5 Å². The van der Waals surface area contributed by atoms with Crippen molar-refractivity contribution in [3.8, 4) is 11.5 Å². The topological polar surface area (TPSA) is 67.8 Å². The molecule has 1 aromatic carbocycles. The number of carbonyl (C=O) groups is 1. The SMILES string of the molecule is CCOc1cc2c(cc1OCC)C(C(=O)O)NCC2.Cl. The van der Waals surface area contributed by atoms with Gasteiger partial charge in [-0.1, -0.05) is 0 Å². The Hall–Kier alpha value is -1.46. The van der Waals surface area contributed by atoms with E-state index in [2.05, 4.69) is 5.32 Å².